The second-order valence-electron chi connectivity index (χ2n) is 4.78. The first-order valence-electron chi connectivity index (χ1n) is 6.70. The van der Waals surface area contributed by atoms with Crippen LogP contribution in [0, 0.1) is 6.92 Å². The van der Waals surface area contributed by atoms with Gasteiger partial charge in [0.2, 0.25) is 5.69 Å². The smallest absolute Gasteiger partial charge is 0.219 e. The van der Waals surface area contributed by atoms with E-state index in [4.69, 9.17) is 9.47 Å². The van der Waals surface area contributed by atoms with Crippen molar-refractivity contribution in [1.82, 2.24) is 0 Å². The standard InChI is InChI=1S/C14H21NO3/c1-3-4-5-6-7-17-14-12-11(9-18-14)8-15-10(2)13(12)16/h8,14,16H,3-7,9H2,1-2H3/p+1. The highest BCUT2D eigenvalue weighted by atomic mass is 16.7. The first kappa shape index (κ1) is 13.3. The first-order chi connectivity index (χ1) is 8.74. The van der Waals surface area contributed by atoms with Crippen LogP contribution in [0.4, 0.5) is 0 Å². The van der Waals surface area contributed by atoms with Crippen LogP contribution in [-0.4, -0.2) is 11.7 Å². The van der Waals surface area contributed by atoms with E-state index in [2.05, 4.69) is 11.9 Å². The Bertz CT molecular complexity index is 406. The molecule has 0 saturated heterocycles. The first-order valence-corrected chi connectivity index (χ1v) is 6.70. The lowest BCUT2D eigenvalue weighted by Gasteiger charge is -2.13. The van der Waals surface area contributed by atoms with E-state index in [1.807, 2.05) is 13.1 Å². The maximum absolute atomic E-state index is 10.0. The van der Waals surface area contributed by atoms with Gasteiger partial charge < -0.3 is 14.6 Å². The molecule has 1 atom stereocenters. The molecule has 1 unspecified atom stereocenters. The summed E-state index contributed by atoms with van der Waals surface area (Å²) in [6.07, 6.45) is 6.16. The van der Waals surface area contributed by atoms with Gasteiger partial charge in [0.15, 0.2) is 18.2 Å². The summed E-state index contributed by atoms with van der Waals surface area (Å²) in [6.45, 7) is 5.21. The number of aromatic nitrogens is 1. The Labute approximate surface area is 108 Å². The Morgan fingerprint density at radius 2 is 2.28 bits per heavy atom. The molecule has 1 aromatic rings. The van der Waals surface area contributed by atoms with Crippen LogP contribution in [0.2, 0.25) is 0 Å². The van der Waals surface area contributed by atoms with Gasteiger partial charge in [-0.25, -0.2) is 4.98 Å². The lowest BCUT2D eigenvalue weighted by Crippen LogP contribution is -2.11. The van der Waals surface area contributed by atoms with Crippen molar-refractivity contribution in [3.05, 3.63) is 23.0 Å². The average Bonchev–Trinajstić information content (AvgIpc) is 2.78. The molecule has 0 amide bonds. The summed E-state index contributed by atoms with van der Waals surface area (Å²) < 4.78 is 11.3. The molecule has 2 rings (SSSR count). The van der Waals surface area contributed by atoms with Crippen molar-refractivity contribution < 1.29 is 19.6 Å². The molecule has 100 valence electrons. The molecule has 2 N–H and O–H groups in total. The average molecular weight is 252 g/mol. The number of H-pyrrole nitrogens is 1. The molecule has 0 saturated carbocycles. The second-order valence-corrected chi connectivity index (χ2v) is 4.78. The highest BCUT2D eigenvalue weighted by molar-refractivity contribution is 5.40. The zero-order valence-electron chi connectivity index (χ0n) is 11.2. The van der Waals surface area contributed by atoms with Gasteiger partial charge in [0.05, 0.1) is 24.3 Å². The maximum atomic E-state index is 10.0. The maximum Gasteiger partial charge on any atom is 0.219 e. The molecule has 0 fully saturated rings. The Morgan fingerprint density at radius 3 is 3.06 bits per heavy atom. The van der Waals surface area contributed by atoms with Crippen molar-refractivity contribution in [2.45, 2.75) is 52.4 Å². The summed E-state index contributed by atoms with van der Waals surface area (Å²) in [7, 11) is 0. The minimum atomic E-state index is -0.407. The van der Waals surface area contributed by atoms with E-state index in [0.29, 0.717) is 13.2 Å². The van der Waals surface area contributed by atoms with Crippen LogP contribution in [0.25, 0.3) is 0 Å². The fourth-order valence-corrected chi connectivity index (χ4v) is 2.18. The molecule has 0 spiro atoms. The van der Waals surface area contributed by atoms with Gasteiger partial charge in [-0.05, 0) is 6.42 Å². The molecule has 1 aliphatic rings. The normalized spacial score (nSPS) is 18.0. The minimum Gasteiger partial charge on any atom is -0.502 e. The summed E-state index contributed by atoms with van der Waals surface area (Å²) in [5.74, 6) is 0.267. The largest absolute Gasteiger partial charge is 0.502 e. The Morgan fingerprint density at radius 1 is 1.44 bits per heavy atom. The lowest BCUT2D eigenvalue weighted by molar-refractivity contribution is -0.389. The Balaban J connectivity index is 1.92. The number of fused-ring (bicyclic) bond motifs is 1. The second kappa shape index (κ2) is 6.16. The predicted molar refractivity (Wildman–Crippen MR) is 67.0 cm³/mol. The molecule has 0 radical (unpaired) electrons. The fourth-order valence-electron chi connectivity index (χ4n) is 2.18. The van der Waals surface area contributed by atoms with Crippen LogP contribution in [0.5, 0.6) is 5.75 Å². The molecule has 1 aromatic heterocycles. The quantitative estimate of drug-likeness (QED) is 0.792. The Hall–Kier alpha value is -1.13. The number of aromatic amines is 1. The molecule has 4 nitrogen and oxygen atoms in total. The molecule has 0 bridgehead atoms. The minimum absolute atomic E-state index is 0.267. The van der Waals surface area contributed by atoms with Crippen molar-refractivity contribution >= 4 is 0 Å². The van der Waals surface area contributed by atoms with Crippen LogP contribution in [0.15, 0.2) is 6.20 Å². The summed E-state index contributed by atoms with van der Waals surface area (Å²) in [5.41, 5.74) is 2.53. The number of pyridine rings is 1. The predicted octanol–water partition coefficient (Wildman–Crippen LogP) is 2.64. The number of aromatic hydroxyl groups is 1. The zero-order valence-corrected chi connectivity index (χ0v) is 11.2. The highest BCUT2D eigenvalue weighted by Gasteiger charge is 2.31. The molecule has 4 heteroatoms. The van der Waals surface area contributed by atoms with Crippen LogP contribution in [0.3, 0.4) is 0 Å². The number of nitrogens with one attached hydrogen (secondary N) is 1. The van der Waals surface area contributed by atoms with E-state index in [9.17, 15) is 5.11 Å². The van der Waals surface area contributed by atoms with Crippen LogP contribution < -0.4 is 4.98 Å². The van der Waals surface area contributed by atoms with Crippen LogP contribution in [-0.2, 0) is 16.1 Å². The van der Waals surface area contributed by atoms with Gasteiger partial charge >= 0.3 is 0 Å². The monoisotopic (exact) mass is 252 g/mol. The van der Waals surface area contributed by atoms with Crippen LogP contribution >= 0.6 is 0 Å². The van der Waals surface area contributed by atoms with E-state index >= 15 is 0 Å². The van der Waals surface area contributed by atoms with E-state index in [0.717, 1.165) is 23.2 Å². The Kier molecular flexibility index (Phi) is 4.55. The van der Waals surface area contributed by atoms with E-state index in [1.54, 1.807) is 0 Å². The summed E-state index contributed by atoms with van der Waals surface area (Å²) >= 11 is 0. The van der Waals surface area contributed by atoms with Crippen molar-refractivity contribution in [3.63, 3.8) is 0 Å². The van der Waals surface area contributed by atoms with Crippen molar-refractivity contribution in [1.29, 1.82) is 0 Å². The third kappa shape index (κ3) is 2.82. The number of rotatable bonds is 6. The highest BCUT2D eigenvalue weighted by Crippen LogP contribution is 2.37. The van der Waals surface area contributed by atoms with Gasteiger partial charge in [-0.3, -0.25) is 0 Å². The van der Waals surface area contributed by atoms with Crippen molar-refractivity contribution in [2.75, 3.05) is 6.61 Å². The van der Waals surface area contributed by atoms with Gasteiger partial charge in [-0.15, -0.1) is 0 Å². The van der Waals surface area contributed by atoms with Gasteiger partial charge in [0.25, 0.3) is 0 Å². The molecule has 2 heterocycles. The van der Waals surface area contributed by atoms with Crippen molar-refractivity contribution in [3.8, 4) is 5.75 Å². The number of unbranched alkanes of at least 4 members (excludes halogenated alkanes) is 3. The van der Waals surface area contributed by atoms with Gasteiger partial charge in [-0.2, -0.15) is 0 Å². The molecular weight excluding hydrogens is 230 g/mol. The molecular formula is C14H22NO3+. The third-order valence-electron chi connectivity index (χ3n) is 3.31. The topological polar surface area (TPSA) is 52.8 Å². The molecule has 0 aliphatic carbocycles. The van der Waals surface area contributed by atoms with Crippen LogP contribution in [0.1, 0.15) is 55.7 Å². The molecule has 0 aromatic carbocycles. The number of hydrogen-bond donors (Lipinski definition) is 1. The zero-order chi connectivity index (χ0) is 13.0. The number of ether oxygens (including phenoxy) is 2. The lowest BCUT2D eigenvalue weighted by atomic mass is 10.1. The fraction of sp³-hybridized carbons (Fsp3) is 0.643. The van der Waals surface area contributed by atoms with Gasteiger partial charge in [0.1, 0.15) is 0 Å². The van der Waals surface area contributed by atoms with E-state index in [1.165, 1.54) is 19.3 Å². The molecule has 1 aliphatic heterocycles. The summed E-state index contributed by atoms with van der Waals surface area (Å²) in [4.78, 5) is 3.02. The van der Waals surface area contributed by atoms with Gasteiger partial charge in [0, 0.05) is 6.92 Å². The number of aryl methyl sites for hydroxylation is 1. The summed E-state index contributed by atoms with van der Waals surface area (Å²) in [5, 5.41) is 10.0. The SMILES string of the molecule is CCCCCCOC1OCc2c[nH+]c(C)c(O)c21. The molecule has 18 heavy (non-hydrogen) atoms. The van der Waals surface area contributed by atoms with Gasteiger partial charge in [-0.1, -0.05) is 26.2 Å². The van der Waals surface area contributed by atoms with Crippen molar-refractivity contribution in [2.24, 2.45) is 0 Å². The van der Waals surface area contributed by atoms with E-state index in [-0.39, 0.29) is 5.75 Å². The summed E-state index contributed by atoms with van der Waals surface area (Å²) in [6, 6.07) is 0. The number of hydrogen-bond acceptors (Lipinski definition) is 3. The van der Waals surface area contributed by atoms with E-state index < -0.39 is 6.29 Å². The third-order valence-corrected chi connectivity index (χ3v) is 3.31.